The first kappa shape index (κ1) is 16.3. The van der Waals surface area contributed by atoms with Crippen molar-refractivity contribution in [2.45, 2.75) is 46.1 Å². The van der Waals surface area contributed by atoms with E-state index in [4.69, 9.17) is 14.9 Å². The van der Waals surface area contributed by atoms with Gasteiger partial charge in [-0.2, -0.15) is 0 Å². The summed E-state index contributed by atoms with van der Waals surface area (Å²) in [6.07, 6.45) is 1.98. The number of carboxylic acids is 2. The van der Waals surface area contributed by atoms with Crippen LogP contribution in [0.5, 0.6) is 0 Å². The summed E-state index contributed by atoms with van der Waals surface area (Å²) in [5.41, 5.74) is 0. The van der Waals surface area contributed by atoms with E-state index in [-0.39, 0.29) is 0 Å². The van der Waals surface area contributed by atoms with Crippen molar-refractivity contribution in [3.05, 3.63) is 0 Å². The number of ether oxygens (including phenoxy) is 1. The molecule has 0 aromatic carbocycles. The molecule has 0 radical (unpaired) electrons. The zero-order valence-corrected chi connectivity index (χ0v) is 9.52. The monoisotopic (exact) mass is 220 g/mol. The average molecular weight is 220 g/mol. The highest BCUT2D eigenvalue weighted by Crippen LogP contribution is 2.00. The van der Waals surface area contributed by atoms with Crippen molar-refractivity contribution in [1.82, 2.24) is 0 Å². The van der Waals surface area contributed by atoms with E-state index < -0.39 is 18.4 Å². The van der Waals surface area contributed by atoms with Gasteiger partial charge in [0.05, 0.1) is 6.10 Å². The van der Waals surface area contributed by atoms with Gasteiger partial charge in [0, 0.05) is 6.61 Å². The molecule has 5 heteroatoms. The largest absolute Gasteiger partial charge is 0.481 e. The standard InChI is InChI=1S/C7H16O.C3H4O4/c1-4-7(5-2)8-6-3;4-2(5)1-3(6)7/h7H,4-6H2,1-3H3;1H2,(H,4,5)(H,6,7). The van der Waals surface area contributed by atoms with Gasteiger partial charge < -0.3 is 14.9 Å². The van der Waals surface area contributed by atoms with Crippen molar-refractivity contribution < 1.29 is 24.5 Å². The minimum atomic E-state index is -1.31. The Morgan fingerprint density at radius 3 is 1.53 bits per heavy atom. The molecule has 0 rings (SSSR count). The molecule has 0 aliphatic rings. The van der Waals surface area contributed by atoms with Crippen LogP contribution in [-0.2, 0) is 14.3 Å². The molecule has 5 nitrogen and oxygen atoms in total. The van der Waals surface area contributed by atoms with Crippen LogP contribution in [0.25, 0.3) is 0 Å². The van der Waals surface area contributed by atoms with Crippen LogP contribution in [0.1, 0.15) is 40.0 Å². The van der Waals surface area contributed by atoms with E-state index in [1.54, 1.807) is 0 Å². The lowest BCUT2D eigenvalue weighted by molar-refractivity contribution is -0.147. The molecule has 0 saturated heterocycles. The predicted molar refractivity (Wildman–Crippen MR) is 55.9 cm³/mol. The first-order chi connectivity index (χ1) is 6.97. The van der Waals surface area contributed by atoms with Crippen LogP contribution in [0.2, 0.25) is 0 Å². The predicted octanol–water partition coefficient (Wildman–Crippen LogP) is 1.76. The molecule has 15 heavy (non-hydrogen) atoms. The number of aliphatic carboxylic acids is 2. The molecular weight excluding hydrogens is 200 g/mol. The smallest absolute Gasteiger partial charge is 0.314 e. The third-order valence-corrected chi connectivity index (χ3v) is 1.62. The molecule has 0 aromatic heterocycles. The van der Waals surface area contributed by atoms with Crippen LogP contribution in [0.15, 0.2) is 0 Å². The van der Waals surface area contributed by atoms with E-state index in [9.17, 15) is 9.59 Å². The molecule has 0 bridgehead atoms. The lowest BCUT2D eigenvalue weighted by Gasteiger charge is -2.10. The highest BCUT2D eigenvalue weighted by Gasteiger charge is 2.01. The fraction of sp³-hybridized carbons (Fsp3) is 0.800. The van der Waals surface area contributed by atoms with E-state index in [1.807, 2.05) is 6.92 Å². The number of rotatable bonds is 6. The average Bonchev–Trinajstić information content (AvgIpc) is 2.13. The fourth-order valence-corrected chi connectivity index (χ4v) is 0.889. The maximum absolute atomic E-state index is 9.43. The summed E-state index contributed by atoms with van der Waals surface area (Å²) >= 11 is 0. The molecular formula is C10H20O5. The zero-order chi connectivity index (χ0) is 12.3. The third kappa shape index (κ3) is 15.6. The van der Waals surface area contributed by atoms with Crippen LogP contribution in [-0.4, -0.2) is 34.9 Å². The first-order valence-corrected chi connectivity index (χ1v) is 5.02. The SMILES string of the molecule is CCOC(CC)CC.O=C(O)CC(=O)O. The Labute approximate surface area is 90.1 Å². The molecule has 0 unspecified atom stereocenters. The lowest BCUT2D eigenvalue weighted by Crippen LogP contribution is -2.08. The molecule has 2 N–H and O–H groups in total. The van der Waals surface area contributed by atoms with Crippen molar-refractivity contribution >= 4 is 11.9 Å². The maximum Gasteiger partial charge on any atom is 0.314 e. The van der Waals surface area contributed by atoms with Crippen LogP contribution in [0.3, 0.4) is 0 Å². The van der Waals surface area contributed by atoms with Crippen LogP contribution in [0, 0.1) is 0 Å². The fourth-order valence-electron chi connectivity index (χ4n) is 0.889. The Hall–Kier alpha value is -1.10. The molecule has 0 atom stereocenters. The van der Waals surface area contributed by atoms with E-state index in [1.165, 1.54) is 0 Å². The van der Waals surface area contributed by atoms with Gasteiger partial charge in [-0.05, 0) is 19.8 Å². The van der Waals surface area contributed by atoms with E-state index in [0.29, 0.717) is 6.10 Å². The molecule has 0 fully saturated rings. The van der Waals surface area contributed by atoms with Gasteiger partial charge in [-0.15, -0.1) is 0 Å². The van der Waals surface area contributed by atoms with Crippen molar-refractivity contribution in [3.8, 4) is 0 Å². The topological polar surface area (TPSA) is 83.8 Å². The number of carbonyl (C=O) groups is 2. The van der Waals surface area contributed by atoms with Gasteiger partial charge in [-0.25, -0.2) is 0 Å². The molecule has 0 aliphatic carbocycles. The first-order valence-electron chi connectivity index (χ1n) is 5.02. The summed E-state index contributed by atoms with van der Waals surface area (Å²) in [4.78, 5) is 18.9. The second-order valence-corrected chi connectivity index (χ2v) is 2.86. The Bertz CT molecular complexity index is 163. The van der Waals surface area contributed by atoms with Gasteiger partial charge in [-0.3, -0.25) is 9.59 Å². The Balaban J connectivity index is 0. The van der Waals surface area contributed by atoms with Crippen molar-refractivity contribution in [2.75, 3.05) is 6.61 Å². The van der Waals surface area contributed by atoms with Crippen LogP contribution < -0.4 is 0 Å². The minimum Gasteiger partial charge on any atom is -0.481 e. The maximum atomic E-state index is 9.43. The molecule has 0 saturated carbocycles. The summed E-state index contributed by atoms with van der Waals surface area (Å²) in [5, 5.41) is 15.4. The Kier molecular flexibility index (Phi) is 12.0. The summed E-state index contributed by atoms with van der Waals surface area (Å²) in [6, 6.07) is 0. The highest BCUT2D eigenvalue weighted by molar-refractivity contribution is 5.88. The summed E-state index contributed by atoms with van der Waals surface area (Å²) in [6.45, 7) is 7.21. The molecule has 0 aromatic rings. The molecule has 90 valence electrons. The van der Waals surface area contributed by atoms with Gasteiger partial charge in [0.15, 0.2) is 0 Å². The number of hydrogen-bond donors (Lipinski definition) is 2. The van der Waals surface area contributed by atoms with Gasteiger partial charge in [-0.1, -0.05) is 13.8 Å². The van der Waals surface area contributed by atoms with Crippen molar-refractivity contribution in [1.29, 1.82) is 0 Å². The summed E-state index contributed by atoms with van der Waals surface area (Å²) in [5.74, 6) is -2.62. The third-order valence-electron chi connectivity index (χ3n) is 1.62. The van der Waals surface area contributed by atoms with Gasteiger partial charge in [0.1, 0.15) is 6.42 Å². The number of hydrogen-bond acceptors (Lipinski definition) is 3. The van der Waals surface area contributed by atoms with Crippen LogP contribution in [0.4, 0.5) is 0 Å². The molecule has 0 aliphatic heterocycles. The van der Waals surface area contributed by atoms with Crippen molar-refractivity contribution in [3.63, 3.8) is 0 Å². The Morgan fingerprint density at radius 2 is 1.47 bits per heavy atom. The second kappa shape index (κ2) is 11.0. The van der Waals surface area contributed by atoms with E-state index in [2.05, 4.69) is 13.8 Å². The molecule has 0 heterocycles. The Morgan fingerprint density at radius 1 is 1.07 bits per heavy atom. The lowest BCUT2D eigenvalue weighted by atomic mass is 10.2. The quantitative estimate of drug-likeness (QED) is 0.666. The van der Waals surface area contributed by atoms with E-state index >= 15 is 0 Å². The summed E-state index contributed by atoms with van der Waals surface area (Å²) in [7, 11) is 0. The molecule has 0 spiro atoms. The van der Waals surface area contributed by atoms with Gasteiger partial charge >= 0.3 is 11.9 Å². The normalized spacial score (nSPS) is 9.33. The highest BCUT2D eigenvalue weighted by atomic mass is 16.5. The van der Waals surface area contributed by atoms with Gasteiger partial charge in [0.25, 0.3) is 0 Å². The minimum absolute atomic E-state index is 0.500. The van der Waals surface area contributed by atoms with Crippen LogP contribution >= 0.6 is 0 Å². The van der Waals surface area contributed by atoms with Gasteiger partial charge in [0.2, 0.25) is 0 Å². The van der Waals surface area contributed by atoms with Crippen molar-refractivity contribution in [2.24, 2.45) is 0 Å². The second-order valence-electron chi connectivity index (χ2n) is 2.86. The molecule has 0 amide bonds. The summed E-state index contributed by atoms with van der Waals surface area (Å²) < 4.78 is 5.34. The van der Waals surface area contributed by atoms with E-state index in [0.717, 1.165) is 19.4 Å². The zero-order valence-electron chi connectivity index (χ0n) is 9.52. The number of carboxylic acid groups (broad SMARTS) is 2.